The summed E-state index contributed by atoms with van der Waals surface area (Å²) >= 11 is 5.54. The number of thiocarbonyl (C=S) groups is 1. The van der Waals surface area contributed by atoms with Gasteiger partial charge in [-0.1, -0.05) is 11.8 Å². The van der Waals surface area contributed by atoms with E-state index in [2.05, 4.69) is 0 Å². The topological polar surface area (TPSA) is 75.6 Å². The molecular formula is C11H16F3NO4S2. The van der Waals surface area contributed by atoms with Crippen molar-refractivity contribution in [3.63, 3.8) is 0 Å². The minimum absolute atomic E-state index is 0.0208. The molecule has 0 aliphatic heterocycles. The highest BCUT2D eigenvalue weighted by atomic mass is 32.2. The number of aliphatic carboxylic acids is 1. The van der Waals surface area contributed by atoms with Gasteiger partial charge >= 0.3 is 12.1 Å². The highest BCUT2D eigenvalue weighted by Gasteiger charge is 2.42. The largest absolute Gasteiger partial charge is 0.481 e. The summed E-state index contributed by atoms with van der Waals surface area (Å²) in [5.41, 5.74) is 0. The highest BCUT2D eigenvalue weighted by molar-refractivity contribution is 8.23. The second-order valence-corrected chi connectivity index (χ2v) is 5.95. The van der Waals surface area contributed by atoms with Crippen LogP contribution in [0.1, 0.15) is 26.7 Å². The molecule has 0 radical (unpaired) electrons. The summed E-state index contributed by atoms with van der Waals surface area (Å²) in [6, 6.07) is -2.13. The van der Waals surface area contributed by atoms with Crippen molar-refractivity contribution in [1.29, 1.82) is 0 Å². The summed E-state index contributed by atoms with van der Waals surface area (Å²) < 4.78 is 43.4. The van der Waals surface area contributed by atoms with Gasteiger partial charge < -0.3 is 15.2 Å². The molecule has 2 atom stereocenters. The van der Waals surface area contributed by atoms with Crippen molar-refractivity contribution >= 4 is 40.2 Å². The SMILES string of the molecule is CCOC(=S)SC(CC(=O)O)CC(NC(C)=O)C(F)(F)F. The van der Waals surface area contributed by atoms with Crippen LogP contribution in [-0.4, -0.2) is 45.4 Å². The number of ether oxygens (including phenoxy) is 1. The molecule has 0 saturated heterocycles. The van der Waals surface area contributed by atoms with Crippen LogP contribution in [0.4, 0.5) is 13.2 Å². The summed E-state index contributed by atoms with van der Waals surface area (Å²) in [6.45, 7) is 2.85. The summed E-state index contributed by atoms with van der Waals surface area (Å²) in [4.78, 5) is 21.6. The minimum atomic E-state index is -4.67. The second kappa shape index (κ2) is 9.08. The fourth-order valence-corrected chi connectivity index (χ4v) is 2.94. The Morgan fingerprint density at radius 1 is 1.43 bits per heavy atom. The van der Waals surface area contributed by atoms with Crippen LogP contribution in [0.3, 0.4) is 0 Å². The van der Waals surface area contributed by atoms with Crippen LogP contribution in [0.5, 0.6) is 0 Å². The highest BCUT2D eigenvalue weighted by Crippen LogP contribution is 2.29. The number of thioether (sulfide) groups is 1. The van der Waals surface area contributed by atoms with Crippen LogP contribution in [0.25, 0.3) is 0 Å². The van der Waals surface area contributed by atoms with Gasteiger partial charge in [-0.05, 0) is 25.6 Å². The Bertz CT molecular complexity index is 390. The number of amides is 1. The lowest BCUT2D eigenvalue weighted by Crippen LogP contribution is -2.46. The van der Waals surface area contributed by atoms with Gasteiger partial charge in [-0.2, -0.15) is 13.2 Å². The van der Waals surface area contributed by atoms with Gasteiger partial charge in [-0.25, -0.2) is 0 Å². The number of carbonyl (C=O) groups excluding carboxylic acids is 1. The number of alkyl halides is 3. The molecular weight excluding hydrogens is 331 g/mol. The molecule has 0 aromatic rings. The van der Waals surface area contributed by atoms with Crippen LogP contribution < -0.4 is 5.32 Å². The van der Waals surface area contributed by atoms with E-state index in [-0.39, 0.29) is 11.0 Å². The number of carboxylic acid groups (broad SMARTS) is 1. The average Bonchev–Trinajstić information content (AvgIpc) is 2.25. The molecule has 1 amide bonds. The van der Waals surface area contributed by atoms with Crippen LogP contribution in [-0.2, 0) is 14.3 Å². The van der Waals surface area contributed by atoms with Gasteiger partial charge in [0.25, 0.3) is 0 Å². The zero-order valence-corrected chi connectivity index (χ0v) is 13.0. The Hall–Kier alpha value is -1.03. The van der Waals surface area contributed by atoms with Crippen LogP contribution in [0.2, 0.25) is 0 Å². The monoisotopic (exact) mass is 347 g/mol. The Morgan fingerprint density at radius 2 is 2.00 bits per heavy atom. The molecule has 0 heterocycles. The van der Waals surface area contributed by atoms with Gasteiger partial charge in [0.05, 0.1) is 13.0 Å². The van der Waals surface area contributed by atoms with Gasteiger partial charge in [0.2, 0.25) is 10.3 Å². The van der Waals surface area contributed by atoms with E-state index in [4.69, 9.17) is 22.1 Å². The average molecular weight is 347 g/mol. The molecule has 0 spiro atoms. The van der Waals surface area contributed by atoms with Gasteiger partial charge in [-0.15, -0.1) is 0 Å². The first-order valence-electron chi connectivity index (χ1n) is 5.95. The molecule has 0 aromatic heterocycles. The van der Waals surface area contributed by atoms with E-state index in [0.29, 0.717) is 0 Å². The molecule has 0 aliphatic carbocycles. The first-order chi connectivity index (χ1) is 9.56. The number of rotatable bonds is 7. The number of hydrogen-bond acceptors (Lipinski definition) is 5. The number of hydrogen-bond donors (Lipinski definition) is 2. The Morgan fingerprint density at radius 3 is 2.38 bits per heavy atom. The van der Waals surface area contributed by atoms with Crippen molar-refractivity contribution in [2.45, 2.75) is 44.2 Å². The molecule has 21 heavy (non-hydrogen) atoms. The number of nitrogens with one attached hydrogen (secondary N) is 1. The molecule has 0 bridgehead atoms. The maximum absolute atomic E-state index is 12.8. The van der Waals surface area contributed by atoms with Crippen LogP contribution >= 0.6 is 24.0 Å². The molecule has 10 heteroatoms. The summed E-state index contributed by atoms with van der Waals surface area (Å²) in [5.74, 6) is -2.10. The minimum Gasteiger partial charge on any atom is -0.481 e. The lowest BCUT2D eigenvalue weighted by Gasteiger charge is -2.25. The number of carbonyl (C=O) groups is 2. The lowest BCUT2D eigenvalue weighted by atomic mass is 10.1. The quantitative estimate of drug-likeness (QED) is 0.689. The van der Waals surface area contributed by atoms with E-state index in [9.17, 15) is 22.8 Å². The van der Waals surface area contributed by atoms with E-state index >= 15 is 0 Å². The van der Waals surface area contributed by atoms with Gasteiger partial charge in [0, 0.05) is 12.2 Å². The number of carboxylic acids is 1. The summed E-state index contributed by atoms with van der Waals surface area (Å²) in [7, 11) is 0. The fourth-order valence-electron chi connectivity index (χ4n) is 1.44. The smallest absolute Gasteiger partial charge is 0.408 e. The number of halogens is 3. The molecule has 0 aliphatic rings. The molecule has 0 aromatic carbocycles. The Balaban J connectivity index is 4.91. The van der Waals surface area contributed by atoms with E-state index in [0.717, 1.165) is 18.7 Å². The van der Waals surface area contributed by atoms with E-state index in [1.807, 2.05) is 0 Å². The van der Waals surface area contributed by atoms with E-state index in [1.165, 1.54) is 0 Å². The van der Waals surface area contributed by atoms with Crippen LogP contribution in [0, 0.1) is 0 Å². The molecule has 122 valence electrons. The molecule has 5 nitrogen and oxygen atoms in total. The van der Waals surface area contributed by atoms with Gasteiger partial charge in [-0.3, -0.25) is 9.59 Å². The van der Waals surface area contributed by atoms with Gasteiger partial charge in [0.15, 0.2) is 0 Å². The zero-order valence-electron chi connectivity index (χ0n) is 11.4. The third kappa shape index (κ3) is 9.51. The summed E-state index contributed by atoms with van der Waals surface area (Å²) in [5, 5.41) is 9.57. The summed E-state index contributed by atoms with van der Waals surface area (Å²) in [6.07, 6.45) is -5.80. The van der Waals surface area contributed by atoms with Crippen molar-refractivity contribution in [1.82, 2.24) is 5.32 Å². The molecule has 0 fully saturated rings. The van der Waals surface area contributed by atoms with Crippen molar-refractivity contribution in [3.05, 3.63) is 0 Å². The van der Waals surface area contributed by atoms with Crippen molar-refractivity contribution < 1.29 is 32.6 Å². The van der Waals surface area contributed by atoms with Crippen molar-refractivity contribution in [3.8, 4) is 0 Å². The van der Waals surface area contributed by atoms with Crippen LogP contribution in [0.15, 0.2) is 0 Å². The molecule has 2 N–H and O–H groups in total. The van der Waals surface area contributed by atoms with Crippen molar-refractivity contribution in [2.24, 2.45) is 0 Å². The zero-order chi connectivity index (χ0) is 16.6. The maximum atomic E-state index is 12.8. The predicted octanol–water partition coefficient (Wildman–Crippen LogP) is 2.34. The fraction of sp³-hybridized carbons (Fsp3) is 0.727. The first-order valence-corrected chi connectivity index (χ1v) is 7.24. The first kappa shape index (κ1) is 20.0. The maximum Gasteiger partial charge on any atom is 0.408 e. The molecule has 2 unspecified atom stereocenters. The van der Waals surface area contributed by atoms with Gasteiger partial charge in [0.1, 0.15) is 6.04 Å². The Labute approximate surface area is 129 Å². The normalized spacial score (nSPS) is 14.1. The van der Waals surface area contributed by atoms with E-state index < -0.39 is 42.2 Å². The second-order valence-electron chi connectivity index (χ2n) is 4.05. The molecule has 0 rings (SSSR count). The Kier molecular flexibility index (Phi) is 8.64. The van der Waals surface area contributed by atoms with E-state index in [1.54, 1.807) is 12.2 Å². The predicted molar refractivity (Wildman–Crippen MR) is 76.1 cm³/mol. The molecule has 0 saturated carbocycles. The van der Waals surface area contributed by atoms with Crippen molar-refractivity contribution in [2.75, 3.05) is 6.61 Å². The third-order valence-electron chi connectivity index (χ3n) is 2.20. The lowest BCUT2D eigenvalue weighted by molar-refractivity contribution is -0.162. The standard InChI is InChI=1S/C11H16F3NO4S2/c1-3-19-10(20)21-7(5-9(17)18)4-8(11(12,13)14)15-6(2)16/h7-8H,3-5H2,1-2H3,(H,15,16)(H,17,18). The third-order valence-corrected chi connectivity index (χ3v) is 3.61.